The molecule has 4 rings (SSSR count). The summed E-state index contributed by atoms with van der Waals surface area (Å²) in [5, 5.41) is 6.24. The highest BCUT2D eigenvalue weighted by Crippen LogP contribution is 2.29. The lowest BCUT2D eigenvalue weighted by atomic mass is 10.0. The highest BCUT2D eigenvalue weighted by Gasteiger charge is 2.21. The summed E-state index contributed by atoms with van der Waals surface area (Å²) in [6.07, 6.45) is 1.64. The Hall–Kier alpha value is -4.31. The molecule has 0 spiro atoms. The van der Waals surface area contributed by atoms with Crippen molar-refractivity contribution in [3.8, 4) is 34.0 Å². The molecule has 2 heterocycles. The van der Waals surface area contributed by atoms with Crippen LogP contribution in [0, 0.1) is 5.82 Å². The SMILES string of the molecule is CNCc1cc(OC)cc(-c2cnc3nc(-c4ccc(F)c(OC)c4)n(CC(=O)NC(C)(C)C)c(=O)c3c2)c1. The highest BCUT2D eigenvalue weighted by atomic mass is 19.1. The maximum absolute atomic E-state index is 14.1. The zero-order chi connectivity index (χ0) is 28.3. The molecule has 0 atom stereocenters. The van der Waals surface area contributed by atoms with Gasteiger partial charge in [-0.2, -0.15) is 0 Å². The van der Waals surface area contributed by atoms with E-state index in [9.17, 15) is 14.0 Å². The number of amides is 1. The topological polar surface area (TPSA) is 107 Å². The lowest BCUT2D eigenvalue weighted by Crippen LogP contribution is -2.43. The van der Waals surface area contributed by atoms with E-state index in [0.717, 1.165) is 11.1 Å². The van der Waals surface area contributed by atoms with Gasteiger partial charge in [-0.15, -0.1) is 0 Å². The number of carbonyl (C=O) groups is 1. The van der Waals surface area contributed by atoms with Gasteiger partial charge in [0.05, 0.1) is 19.6 Å². The van der Waals surface area contributed by atoms with Crippen LogP contribution in [0.3, 0.4) is 0 Å². The fourth-order valence-electron chi connectivity index (χ4n) is 4.28. The normalized spacial score (nSPS) is 11.5. The van der Waals surface area contributed by atoms with E-state index in [-0.39, 0.29) is 35.1 Å². The van der Waals surface area contributed by atoms with E-state index in [1.807, 2.05) is 46.0 Å². The van der Waals surface area contributed by atoms with Crippen LogP contribution in [0.1, 0.15) is 26.3 Å². The van der Waals surface area contributed by atoms with Crippen molar-refractivity contribution in [2.45, 2.75) is 39.4 Å². The third-order valence-corrected chi connectivity index (χ3v) is 5.95. The van der Waals surface area contributed by atoms with E-state index >= 15 is 0 Å². The monoisotopic (exact) mass is 533 g/mol. The number of rotatable bonds is 8. The molecule has 0 saturated heterocycles. The molecule has 2 aromatic carbocycles. The second-order valence-electron chi connectivity index (χ2n) is 10.2. The number of methoxy groups -OCH3 is 2. The number of ether oxygens (including phenoxy) is 2. The summed E-state index contributed by atoms with van der Waals surface area (Å²) in [7, 11) is 4.80. The smallest absolute Gasteiger partial charge is 0.263 e. The van der Waals surface area contributed by atoms with E-state index < -0.39 is 16.9 Å². The van der Waals surface area contributed by atoms with Crippen LogP contribution in [-0.2, 0) is 17.9 Å². The number of nitrogens with one attached hydrogen (secondary N) is 2. The fourth-order valence-corrected chi connectivity index (χ4v) is 4.28. The number of hydrogen-bond donors (Lipinski definition) is 2. The van der Waals surface area contributed by atoms with Crippen LogP contribution in [-0.4, -0.2) is 47.2 Å². The Kier molecular flexibility index (Phi) is 7.96. The molecule has 0 saturated carbocycles. The average molecular weight is 534 g/mol. The fraction of sp³-hybridized carbons (Fsp3) is 0.310. The Morgan fingerprint density at radius 3 is 2.46 bits per heavy atom. The van der Waals surface area contributed by atoms with E-state index in [2.05, 4.69) is 20.6 Å². The van der Waals surface area contributed by atoms with Crippen molar-refractivity contribution in [2.75, 3.05) is 21.3 Å². The van der Waals surface area contributed by atoms with E-state index in [4.69, 9.17) is 9.47 Å². The van der Waals surface area contributed by atoms with Crippen molar-refractivity contribution >= 4 is 16.9 Å². The summed E-state index contributed by atoms with van der Waals surface area (Å²) in [4.78, 5) is 35.9. The minimum absolute atomic E-state index is 0.00811. The second kappa shape index (κ2) is 11.2. The van der Waals surface area contributed by atoms with Gasteiger partial charge in [0.2, 0.25) is 5.91 Å². The van der Waals surface area contributed by atoms with E-state index in [1.54, 1.807) is 19.4 Å². The van der Waals surface area contributed by atoms with Crippen molar-refractivity contribution < 1.29 is 18.7 Å². The number of aromatic nitrogens is 3. The van der Waals surface area contributed by atoms with E-state index in [1.165, 1.54) is 29.9 Å². The third kappa shape index (κ3) is 6.23. The van der Waals surface area contributed by atoms with Crippen molar-refractivity contribution in [2.24, 2.45) is 0 Å². The van der Waals surface area contributed by atoms with Crippen molar-refractivity contribution in [3.63, 3.8) is 0 Å². The molecular weight excluding hydrogens is 501 g/mol. The maximum atomic E-state index is 14.1. The summed E-state index contributed by atoms with van der Waals surface area (Å²) in [6.45, 7) is 5.90. The Labute approximate surface area is 226 Å². The van der Waals surface area contributed by atoms with Crippen molar-refractivity contribution in [3.05, 3.63) is 70.4 Å². The molecule has 0 unspecified atom stereocenters. The molecule has 1 amide bonds. The van der Waals surface area contributed by atoms with Gasteiger partial charge in [-0.25, -0.2) is 14.4 Å². The van der Waals surface area contributed by atoms with Crippen LogP contribution in [0.5, 0.6) is 11.5 Å². The third-order valence-electron chi connectivity index (χ3n) is 5.95. The first kappa shape index (κ1) is 27.7. The van der Waals surface area contributed by atoms with Crippen LogP contribution in [0.4, 0.5) is 4.39 Å². The Morgan fingerprint density at radius 2 is 1.79 bits per heavy atom. The largest absolute Gasteiger partial charge is 0.497 e. The van der Waals surface area contributed by atoms with Gasteiger partial charge in [-0.3, -0.25) is 14.2 Å². The molecule has 0 aliphatic heterocycles. The number of carbonyl (C=O) groups excluding carboxylic acids is 1. The molecule has 2 N–H and O–H groups in total. The van der Waals surface area contributed by atoms with Gasteiger partial charge in [0.25, 0.3) is 5.56 Å². The molecule has 0 aliphatic carbocycles. The van der Waals surface area contributed by atoms with Gasteiger partial charge in [-0.05, 0) is 81.4 Å². The Morgan fingerprint density at radius 1 is 1.03 bits per heavy atom. The highest BCUT2D eigenvalue weighted by molar-refractivity contribution is 5.83. The molecule has 39 heavy (non-hydrogen) atoms. The second-order valence-corrected chi connectivity index (χ2v) is 10.2. The standard InChI is InChI=1S/C29H32FN5O4/c1-29(2,3)34-25(36)16-35-27(18-7-8-23(30)24(13-18)39-6)33-26-22(28(35)37)12-20(15-32-26)19-9-17(14-31-4)10-21(11-19)38-5/h7-13,15,31H,14,16H2,1-6H3,(H,34,36). The minimum atomic E-state index is -0.555. The summed E-state index contributed by atoms with van der Waals surface area (Å²) in [6, 6.07) is 11.6. The number of hydrogen-bond acceptors (Lipinski definition) is 7. The number of benzene rings is 2. The molecule has 0 bridgehead atoms. The van der Waals surface area contributed by atoms with Crippen LogP contribution >= 0.6 is 0 Å². The first-order chi connectivity index (χ1) is 18.5. The summed E-state index contributed by atoms with van der Waals surface area (Å²) >= 11 is 0. The van der Waals surface area contributed by atoms with E-state index in [0.29, 0.717) is 23.4 Å². The van der Waals surface area contributed by atoms with Gasteiger partial charge >= 0.3 is 0 Å². The number of halogens is 1. The predicted molar refractivity (Wildman–Crippen MR) is 148 cm³/mol. The molecule has 204 valence electrons. The molecule has 0 fully saturated rings. The lowest BCUT2D eigenvalue weighted by molar-refractivity contribution is -0.123. The van der Waals surface area contributed by atoms with Crippen LogP contribution in [0.25, 0.3) is 33.5 Å². The van der Waals surface area contributed by atoms with Gasteiger partial charge in [0.15, 0.2) is 17.2 Å². The number of fused-ring (bicyclic) bond motifs is 1. The Balaban J connectivity index is 1.91. The van der Waals surface area contributed by atoms with Crippen LogP contribution in [0.15, 0.2) is 53.5 Å². The molecule has 9 nitrogen and oxygen atoms in total. The average Bonchev–Trinajstić information content (AvgIpc) is 2.89. The lowest BCUT2D eigenvalue weighted by Gasteiger charge is -2.21. The number of pyridine rings is 1. The van der Waals surface area contributed by atoms with Crippen molar-refractivity contribution in [1.82, 2.24) is 25.2 Å². The van der Waals surface area contributed by atoms with Crippen molar-refractivity contribution in [1.29, 1.82) is 0 Å². The first-order valence-corrected chi connectivity index (χ1v) is 12.4. The molecule has 10 heteroatoms. The summed E-state index contributed by atoms with van der Waals surface area (Å²) in [5.74, 6) is -0.0818. The first-order valence-electron chi connectivity index (χ1n) is 12.4. The van der Waals surface area contributed by atoms with Crippen LogP contribution < -0.4 is 25.7 Å². The van der Waals surface area contributed by atoms with Gasteiger partial charge < -0.3 is 20.1 Å². The molecule has 0 radical (unpaired) electrons. The zero-order valence-electron chi connectivity index (χ0n) is 22.9. The molecular formula is C29H32FN5O4. The van der Waals surface area contributed by atoms with Gasteiger partial charge in [-0.1, -0.05) is 0 Å². The maximum Gasteiger partial charge on any atom is 0.263 e. The summed E-state index contributed by atoms with van der Waals surface area (Å²) in [5.41, 5.74) is 2.17. The van der Waals surface area contributed by atoms with Gasteiger partial charge in [0.1, 0.15) is 18.1 Å². The van der Waals surface area contributed by atoms with Crippen LogP contribution in [0.2, 0.25) is 0 Å². The minimum Gasteiger partial charge on any atom is -0.497 e. The Bertz CT molecular complexity index is 1590. The number of nitrogens with zero attached hydrogens (tertiary/aromatic N) is 3. The molecule has 0 aliphatic rings. The quantitative estimate of drug-likeness (QED) is 0.354. The zero-order valence-corrected chi connectivity index (χ0v) is 22.9. The predicted octanol–water partition coefficient (Wildman–Crippen LogP) is 3.92. The summed E-state index contributed by atoms with van der Waals surface area (Å²) < 4.78 is 26.0. The van der Waals surface area contributed by atoms with Gasteiger partial charge in [0, 0.05) is 29.4 Å². The molecule has 4 aromatic rings. The molecule has 2 aromatic heterocycles.